The van der Waals surface area contributed by atoms with Gasteiger partial charge >= 0.3 is 5.97 Å². The van der Waals surface area contributed by atoms with Gasteiger partial charge in [0.2, 0.25) is 5.69 Å². The highest BCUT2D eigenvalue weighted by molar-refractivity contribution is 5.91. The SMILES string of the molecule is O=C(O)c1nn(-c2ccc(F)cc2)nc1N1CCc2ccccc2C1. The minimum absolute atomic E-state index is 0.108. The number of hydrogen-bond acceptors (Lipinski definition) is 4. The summed E-state index contributed by atoms with van der Waals surface area (Å²) >= 11 is 0. The van der Waals surface area contributed by atoms with Gasteiger partial charge in [0.1, 0.15) is 5.82 Å². The minimum Gasteiger partial charge on any atom is -0.476 e. The number of carboxylic acids is 1. The number of aromatic nitrogens is 3. The summed E-state index contributed by atoms with van der Waals surface area (Å²) < 4.78 is 13.1. The minimum atomic E-state index is -1.14. The molecule has 3 aromatic rings. The molecule has 6 nitrogen and oxygen atoms in total. The van der Waals surface area contributed by atoms with Gasteiger partial charge in [-0.15, -0.1) is 15.0 Å². The van der Waals surface area contributed by atoms with E-state index in [2.05, 4.69) is 16.3 Å². The zero-order valence-electron chi connectivity index (χ0n) is 13.3. The monoisotopic (exact) mass is 338 g/mol. The van der Waals surface area contributed by atoms with Crippen LogP contribution in [-0.2, 0) is 13.0 Å². The Labute approximate surface area is 143 Å². The van der Waals surface area contributed by atoms with E-state index in [4.69, 9.17) is 0 Å². The summed E-state index contributed by atoms with van der Waals surface area (Å²) in [6, 6.07) is 13.7. The van der Waals surface area contributed by atoms with Crippen LogP contribution in [0.25, 0.3) is 5.69 Å². The topological polar surface area (TPSA) is 71.2 Å². The highest BCUT2D eigenvalue weighted by atomic mass is 19.1. The van der Waals surface area contributed by atoms with Crippen LogP contribution in [0.5, 0.6) is 0 Å². The van der Waals surface area contributed by atoms with Crippen LogP contribution in [0.3, 0.4) is 0 Å². The maximum atomic E-state index is 13.1. The van der Waals surface area contributed by atoms with Gasteiger partial charge in [0.05, 0.1) is 5.69 Å². The highest BCUT2D eigenvalue weighted by Gasteiger charge is 2.26. The zero-order chi connectivity index (χ0) is 17.4. The van der Waals surface area contributed by atoms with Crippen LogP contribution in [0.1, 0.15) is 21.6 Å². The summed E-state index contributed by atoms with van der Waals surface area (Å²) in [6.07, 6.45) is 0.818. The van der Waals surface area contributed by atoms with E-state index in [-0.39, 0.29) is 11.5 Å². The number of nitrogens with zero attached hydrogens (tertiary/aromatic N) is 4. The third-order valence-electron chi connectivity index (χ3n) is 4.29. The summed E-state index contributed by atoms with van der Waals surface area (Å²) in [6.45, 7) is 1.25. The first-order valence-corrected chi connectivity index (χ1v) is 7.90. The summed E-state index contributed by atoms with van der Waals surface area (Å²) in [5.74, 6) is -1.18. The Balaban J connectivity index is 1.72. The first kappa shape index (κ1) is 15.3. The standard InChI is InChI=1S/C18H15FN4O2/c19-14-5-7-15(8-6-14)23-20-16(18(24)25)17(21-23)22-10-9-12-3-1-2-4-13(12)11-22/h1-8H,9-11H2,(H,24,25). The highest BCUT2D eigenvalue weighted by Crippen LogP contribution is 2.25. The molecule has 0 unspecified atom stereocenters. The zero-order valence-corrected chi connectivity index (χ0v) is 13.3. The van der Waals surface area contributed by atoms with Crippen molar-refractivity contribution in [3.05, 3.63) is 71.2 Å². The molecule has 0 spiro atoms. The molecule has 4 rings (SSSR count). The summed E-state index contributed by atoms with van der Waals surface area (Å²) in [5.41, 5.74) is 2.82. The predicted octanol–water partition coefficient (Wildman–Crippen LogP) is 2.67. The van der Waals surface area contributed by atoms with Crippen molar-refractivity contribution in [2.45, 2.75) is 13.0 Å². The van der Waals surface area contributed by atoms with Crippen LogP contribution >= 0.6 is 0 Å². The molecular formula is C18H15FN4O2. The van der Waals surface area contributed by atoms with Crippen molar-refractivity contribution in [2.24, 2.45) is 0 Å². The van der Waals surface area contributed by atoms with Crippen LogP contribution in [0.4, 0.5) is 10.2 Å². The second kappa shape index (κ2) is 6.01. The summed E-state index contributed by atoms with van der Waals surface area (Å²) in [7, 11) is 0. The third kappa shape index (κ3) is 2.84. The molecule has 0 amide bonds. The van der Waals surface area contributed by atoms with E-state index in [1.165, 1.54) is 34.6 Å². The average molecular weight is 338 g/mol. The largest absolute Gasteiger partial charge is 0.476 e. The third-order valence-corrected chi connectivity index (χ3v) is 4.29. The van der Waals surface area contributed by atoms with Gasteiger partial charge in [-0.05, 0) is 41.8 Å². The first-order valence-electron chi connectivity index (χ1n) is 7.90. The molecule has 2 heterocycles. The van der Waals surface area contributed by atoms with Crippen LogP contribution in [0.2, 0.25) is 0 Å². The Morgan fingerprint density at radius 3 is 2.48 bits per heavy atom. The predicted molar refractivity (Wildman–Crippen MR) is 89.5 cm³/mol. The van der Waals surface area contributed by atoms with E-state index in [9.17, 15) is 14.3 Å². The molecule has 7 heteroatoms. The smallest absolute Gasteiger partial charge is 0.360 e. The molecular weight excluding hydrogens is 323 g/mol. The Morgan fingerprint density at radius 2 is 1.76 bits per heavy atom. The second-order valence-corrected chi connectivity index (χ2v) is 5.88. The van der Waals surface area contributed by atoms with E-state index in [1.54, 1.807) is 0 Å². The Bertz CT molecular complexity index is 937. The molecule has 0 atom stereocenters. The lowest BCUT2D eigenvalue weighted by molar-refractivity contribution is 0.0690. The lowest BCUT2D eigenvalue weighted by Gasteiger charge is -2.28. The quantitative estimate of drug-likeness (QED) is 0.795. The molecule has 1 aliphatic heterocycles. The number of anilines is 1. The molecule has 1 N–H and O–H groups in total. The van der Waals surface area contributed by atoms with Crippen molar-refractivity contribution in [1.82, 2.24) is 15.0 Å². The number of benzene rings is 2. The molecule has 0 saturated carbocycles. The van der Waals surface area contributed by atoms with Crippen LogP contribution < -0.4 is 4.90 Å². The van der Waals surface area contributed by atoms with Gasteiger partial charge in [-0.3, -0.25) is 0 Å². The maximum Gasteiger partial charge on any atom is 0.360 e. The van der Waals surface area contributed by atoms with Crippen molar-refractivity contribution in [3.63, 3.8) is 0 Å². The van der Waals surface area contributed by atoms with Gasteiger partial charge in [-0.1, -0.05) is 24.3 Å². The van der Waals surface area contributed by atoms with Crippen molar-refractivity contribution in [3.8, 4) is 5.69 Å². The number of carboxylic acid groups (broad SMARTS) is 1. The van der Waals surface area contributed by atoms with Gasteiger partial charge in [0.25, 0.3) is 0 Å². The van der Waals surface area contributed by atoms with E-state index in [0.717, 1.165) is 12.0 Å². The molecule has 1 aromatic heterocycles. The normalized spacial score (nSPS) is 13.6. The number of hydrogen-bond donors (Lipinski definition) is 1. The fourth-order valence-electron chi connectivity index (χ4n) is 3.02. The second-order valence-electron chi connectivity index (χ2n) is 5.88. The Morgan fingerprint density at radius 1 is 1.04 bits per heavy atom. The first-order chi connectivity index (χ1) is 12.1. The van der Waals surface area contributed by atoms with E-state index < -0.39 is 5.97 Å². The van der Waals surface area contributed by atoms with Gasteiger partial charge in [-0.2, -0.15) is 0 Å². The lowest BCUT2D eigenvalue weighted by atomic mass is 10.00. The van der Waals surface area contributed by atoms with Crippen molar-refractivity contribution in [2.75, 3.05) is 11.4 Å². The van der Waals surface area contributed by atoms with Crippen molar-refractivity contribution in [1.29, 1.82) is 0 Å². The summed E-state index contributed by atoms with van der Waals surface area (Å²) in [4.78, 5) is 14.8. The summed E-state index contributed by atoms with van der Waals surface area (Å²) in [5, 5.41) is 17.9. The van der Waals surface area contributed by atoms with E-state index in [1.807, 2.05) is 23.1 Å². The molecule has 0 saturated heterocycles. The molecule has 0 radical (unpaired) electrons. The Kier molecular flexibility index (Phi) is 3.68. The van der Waals surface area contributed by atoms with E-state index in [0.29, 0.717) is 24.6 Å². The van der Waals surface area contributed by atoms with Crippen molar-refractivity contribution >= 4 is 11.8 Å². The van der Waals surface area contributed by atoms with Gasteiger partial charge in [0, 0.05) is 13.1 Å². The maximum absolute atomic E-state index is 13.1. The molecule has 2 aromatic carbocycles. The average Bonchev–Trinajstić information content (AvgIpc) is 3.07. The molecule has 25 heavy (non-hydrogen) atoms. The number of aromatic carboxylic acids is 1. The fourth-order valence-corrected chi connectivity index (χ4v) is 3.02. The molecule has 0 bridgehead atoms. The molecule has 126 valence electrons. The van der Waals surface area contributed by atoms with Gasteiger partial charge in [-0.25, -0.2) is 9.18 Å². The molecule has 1 aliphatic rings. The Hall–Kier alpha value is -3.22. The van der Waals surface area contributed by atoms with Crippen molar-refractivity contribution < 1.29 is 14.3 Å². The van der Waals surface area contributed by atoms with Gasteiger partial charge < -0.3 is 10.0 Å². The van der Waals surface area contributed by atoms with E-state index >= 15 is 0 Å². The van der Waals surface area contributed by atoms with Gasteiger partial charge in [0.15, 0.2) is 5.82 Å². The van der Waals surface area contributed by atoms with Crippen LogP contribution in [-0.4, -0.2) is 32.6 Å². The number of carbonyl (C=O) groups is 1. The molecule has 0 aliphatic carbocycles. The van der Waals surface area contributed by atoms with Crippen LogP contribution in [0, 0.1) is 5.82 Å². The van der Waals surface area contributed by atoms with Crippen LogP contribution in [0.15, 0.2) is 48.5 Å². The number of rotatable bonds is 3. The molecule has 0 fully saturated rings. The number of halogens is 1. The number of fused-ring (bicyclic) bond motifs is 1. The lowest BCUT2D eigenvalue weighted by Crippen LogP contribution is -2.31. The fraction of sp³-hybridized carbons (Fsp3) is 0.167.